The number of hydrogen-bond acceptors (Lipinski definition) is 2. The third-order valence-corrected chi connectivity index (χ3v) is 2.33. The van der Waals surface area contributed by atoms with Crippen LogP contribution in [0.5, 0.6) is 0 Å². The summed E-state index contributed by atoms with van der Waals surface area (Å²) >= 11 is 0. The van der Waals surface area contributed by atoms with Gasteiger partial charge in [0.2, 0.25) is 0 Å². The predicted octanol–water partition coefficient (Wildman–Crippen LogP) is 1.87. The molecule has 0 spiro atoms. The van der Waals surface area contributed by atoms with E-state index in [-0.39, 0.29) is 11.9 Å². The van der Waals surface area contributed by atoms with Gasteiger partial charge in [-0.1, -0.05) is 12.1 Å². The van der Waals surface area contributed by atoms with Gasteiger partial charge in [-0.15, -0.1) is 0 Å². The van der Waals surface area contributed by atoms with Crippen molar-refractivity contribution in [1.29, 1.82) is 0 Å². The van der Waals surface area contributed by atoms with Crippen LogP contribution in [0.2, 0.25) is 0 Å². The van der Waals surface area contributed by atoms with Gasteiger partial charge in [0.05, 0.1) is 0 Å². The molecule has 1 aromatic carbocycles. The van der Waals surface area contributed by atoms with Crippen molar-refractivity contribution in [2.24, 2.45) is 11.5 Å². The Morgan fingerprint density at radius 3 is 2.71 bits per heavy atom. The Balaban J connectivity index is 2.70. The number of hydrogen-bond donors (Lipinski definition) is 2. The lowest BCUT2D eigenvalue weighted by atomic mass is 10.0. The summed E-state index contributed by atoms with van der Waals surface area (Å²) in [7, 11) is 0. The number of halogens is 1. The van der Waals surface area contributed by atoms with Gasteiger partial charge in [-0.05, 0) is 43.5 Å². The Morgan fingerprint density at radius 2 is 2.14 bits per heavy atom. The second-order valence-corrected chi connectivity index (χ2v) is 3.55. The molecule has 0 saturated carbocycles. The minimum Gasteiger partial charge on any atom is -0.330 e. The van der Waals surface area contributed by atoms with Crippen LogP contribution >= 0.6 is 0 Å². The predicted molar refractivity (Wildman–Crippen MR) is 56.4 cm³/mol. The van der Waals surface area contributed by atoms with Crippen molar-refractivity contribution in [3.8, 4) is 0 Å². The van der Waals surface area contributed by atoms with Gasteiger partial charge in [-0.25, -0.2) is 4.39 Å². The smallest absolute Gasteiger partial charge is 0.126 e. The summed E-state index contributed by atoms with van der Waals surface area (Å²) in [4.78, 5) is 0. The Hall–Kier alpha value is -0.930. The maximum atomic E-state index is 13.0. The summed E-state index contributed by atoms with van der Waals surface area (Å²) in [5, 5.41) is 0. The molecule has 1 atom stereocenters. The van der Waals surface area contributed by atoms with Gasteiger partial charge in [0.1, 0.15) is 5.82 Å². The van der Waals surface area contributed by atoms with E-state index in [1.807, 2.05) is 0 Å². The summed E-state index contributed by atoms with van der Waals surface area (Å²) in [5.41, 5.74) is 12.9. The third-order valence-electron chi connectivity index (χ3n) is 2.33. The summed E-state index contributed by atoms with van der Waals surface area (Å²) in [6, 6.07) is 4.98. The highest BCUT2D eigenvalue weighted by Crippen LogP contribution is 2.18. The molecule has 0 aromatic heterocycles. The number of benzene rings is 1. The van der Waals surface area contributed by atoms with Gasteiger partial charge in [0.25, 0.3) is 0 Å². The number of nitrogens with two attached hydrogens (primary N) is 2. The van der Waals surface area contributed by atoms with E-state index in [1.165, 1.54) is 6.07 Å². The lowest BCUT2D eigenvalue weighted by Gasteiger charge is -2.12. The summed E-state index contributed by atoms with van der Waals surface area (Å²) in [6.45, 7) is 2.39. The van der Waals surface area contributed by atoms with E-state index in [4.69, 9.17) is 11.5 Å². The standard InChI is InChI=1S/C11H17FN2/c1-8-7-9(4-5-10(8)12)11(14)3-2-6-13/h4-5,7,11H,2-3,6,13-14H2,1H3. The van der Waals surface area contributed by atoms with E-state index in [1.54, 1.807) is 19.1 Å². The monoisotopic (exact) mass is 196 g/mol. The first-order valence-corrected chi connectivity index (χ1v) is 4.87. The van der Waals surface area contributed by atoms with Crippen LogP contribution in [0, 0.1) is 12.7 Å². The highest BCUT2D eigenvalue weighted by Gasteiger charge is 2.06. The molecule has 0 aliphatic carbocycles. The fourth-order valence-electron chi connectivity index (χ4n) is 1.40. The van der Waals surface area contributed by atoms with Crippen molar-refractivity contribution in [2.75, 3.05) is 6.54 Å². The zero-order chi connectivity index (χ0) is 10.6. The Morgan fingerprint density at radius 1 is 1.43 bits per heavy atom. The van der Waals surface area contributed by atoms with E-state index in [9.17, 15) is 4.39 Å². The normalized spacial score (nSPS) is 12.9. The molecule has 4 N–H and O–H groups in total. The molecule has 0 saturated heterocycles. The molecule has 1 aromatic rings. The van der Waals surface area contributed by atoms with Crippen molar-refractivity contribution < 1.29 is 4.39 Å². The maximum Gasteiger partial charge on any atom is 0.126 e. The highest BCUT2D eigenvalue weighted by molar-refractivity contribution is 5.26. The number of aryl methyl sites for hydroxylation is 1. The first kappa shape index (κ1) is 11.1. The third kappa shape index (κ3) is 2.79. The second kappa shape index (κ2) is 5.08. The van der Waals surface area contributed by atoms with Gasteiger partial charge in [0, 0.05) is 6.04 Å². The average Bonchev–Trinajstić information content (AvgIpc) is 2.18. The van der Waals surface area contributed by atoms with E-state index < -0.39 is 0 Å². The fourth-order valence-corrected chi connectivity index (χ4v) is 1.40. The molecule has 78 valence electrons. The van der Waals surface area contributed by atoms with Crippen molar-refractivity contribution in [2.45, 2.75) is 25.8 Å². The molecule has 14 heavy (non-hydrogen) atoms. The fraction of sp³-hybridized carbons (Fsp3) is 0.455. The SMILES string of the molecule is Cc1cc(C(N)CCCN)ccc1F. The van der Waals surface area contributed by atoms with Crippen LogP contribution in [-0.2, 0) is 0 Å². The molecule has 0 radical (unpaired) electrons. The van der Waals surface area contributed by atoms with E-state index >= 15 is 0 Å². The summed E-state index contributed by atoms with van der Waals surface area (Å²) in [5.74, 6) is -0.181. The van der Waals surface area contributed by atoms with Crippen LogP contribution in [-0.4, -0.2) is 6.54 Å². The second-order valence-electron chi connectivity index (χ2n) is 3.55. The molecule has 0 fully saturated rings. The maximum absolute atomic E-state index is 13.0. The first-order valence-electron chi connectivity index (χ1n) is 4.87. The first-order chi connectivity index (χ1) is 6.65. The summed E-state index contributed by atoms with van der Waals surface area (Å²) < 4.78 is 13.0. The molecular formula is C11H17FN2. The van der Waals surface area contributed by atoms with Crippen molar-refractivity contribution in [3.05, 3.63) is 35.1 Å². The van der Waals surface area contributed by atoms with Crippen LogP contribution in [0.15, 0.2) is 18.2 Å². The lowest BCUT2D eigenvalue weighted by molar-refractivity contribution is 0.601. The molecule has 1 unspecified atom stereocenters. The summed E-state index contributed by atoms with van der Waals surface area (Å²) in [6.07, 6.45) is 1.75. The molecule has 0 aliphatic heterocycles. The van der Waals surface area contributed by atoms with Gasteiger partial charge in [-0.3, -0.25) is 0 Å². The Bertz CT molecular complexity index is 299. The largest absolute Gasteiger partial charge is 0.330 e. The molecule has 0 heterocycles. The van der Waals surface area contributed by atoms with E-state index in [2.05, 4.69) is 0 Å². The molecule has 0 aliphatic rings. The minimum atomic E-state index is -0.181. The molecule has 0 amide bonds. The van der Waals surface area contributed by atoms with Gasteiger partial charge in [-0.2, -0.15) is 0 Å². The minimum absolute atomic E-state index is 0.0298. The van der Waals surface area contributed by atoms with Gasteiger partial charge in [0.15, 0.2) is 0 Å². The van der Waals surface area contributed by atoms with Crippen LogP contribution in [0.3, 0.4) is 0 Å². The van der Waals surface area contributed by atoms with E-state index in [0.717, 1.165) is 18.4 Å². The zero-order valence-electron chi connectivity index (χ0n) is 8.46. The zero-order valence-corrected chi connectivity index (χ0v) is 8.46. The lowest BCUT2D eigenvalue weighted by Crippen LogP contribution is -2.12. The van der Waals surface area contributed by atoms with Crippen LogP contribution in [0.4, 0.5) is 4.39 Å². The van der Waals surface area contributed by atoms with Crippen molar-refractivity contribution in [1.82, 2.24) is 0 Å². The average molecular weight is 196 g/mol. The molecule has 3 heteroatoms. The Labute approximate surface area is 84.1 Å². The molecular weight excluding hydrogens is 179 g/mol. The number of rotatable bonds is 4. The molecule has 0 bridgehead atoms. The Kier molecular flexibility index (Phi) is 4.04. The molecule has 2 nitrogen and oxygen atoms in total. The van der Waals surface area contributed by atoms with Crippen LogP contribution in [0.25, 0.3) is 0 Å². The van der Waals surface area contributed by atoms with E-state index in [0.29, 0.717) is 12.1 Å². The van der Waals surface area contributed by atoms with Gasteiger partial charge < -0.3 is 11.5 Å². The van der Waals surface area contributed by atoms with Crippen LogP contribution < -0.4 is 11.5 Å². The topological polar surface area (TPSA) is 52.0 Å². The van der Waals surface area contributed by atoms with Crippen molar-refractivity contribution >= 4 is 0 Å². The highest BCUT2D eigenvalue weighted by atomic mass is 19.1. The van der Waals surface area contributed by atoms with Crippen molar-refractivity contribution in [3.63, 3.8) is 0 Å². The van der Waals surface area contributed by atoms with Gasteiger partial charge >= 0.3 is 0 Å². The molecule has 1 rings (SSSR count). The van der Waals surface area contributed by atoms with Crippen LogP contribution in [0.1, 0.15) is 30.0 Å². The quantitative estimate of drug-likeness (QED) is 0.772.